The number of ether oxygens (including phenoxy) is 1. The van der Waals surface area contributed by atoms with Crippen LogP contribution < -0.4 is 5.32 Å². The molecule has 0 spiro atoms. The zero-order valence-corrected chi connectivity index (χ0v) is 11.1. The Morgan fingerprint density at radius 3 is 2.76 bits per heavy atom. The second-order valence-electron chi connectivity index (χ2n) is 4.48. The Morgan fingerprint density at radius 2 is 2.12 bits per heavy atom. The smallest absolute Gasteiger partial charge is 0.0945 e. The first-order valence-corrected chi connectivity index (χ1v) is 6.21. The van der Waals surface area contributed by atoms with Crippen LogP contribution in [0, 0.1) is 5.92 Å². The monoisotopic (exact) mass is 257 g/mol. The topological polar surface area (TPSA) is 41.5 Å². The third kappa shape index (κ3) is 6.51. The maximum atomic E-state index is 9.67. The van der Waals surface area contributed by atoms with E-state index in [2.05, 4.69) is 19.2 Å². The van der Waals surface area contributed by atoms with E-state index in [0.717, 1.165) is 5.69 Å². The largest absolute Gasteiger partial charge is 0.389 e. The summed E-state index contributed by atoms with van der Waals surface area (Å²) in [5.41, 5.74) is 0.903. The van der Waals surface area contributed by atoms with Crippen molar-refractivity contribution >= 4 is 17.3 Å². The molecule has 1 aromatic rings. The number of nitrogens with one attached hydrogen (secondary N) is 1. The molecule has 0 aliphatic heterocycles. The quantitative estimate of drug-likeness (QED) is 0.789. The molecule has 1 unspecified atom stereocenters. The van der Waals surface area contributed by atoms with Gasteiger partial charge in [0, 0.05) is 23.9 Å². The summed E-state index contributed by atoms with van der Waals surface area (Å²) < 4.78 is 5.35. The van der Waals surface area contributed by atoms with E-state index in [1.807, 2.05) is 24.3 Å². The minimum Gasteiger partial charge on any atom is -0.389 e. The molecule has 1 aromatic carbocycles. The molecular weight excluding hydrogens is 238 g/mol. The molecule has 0 aliphatic rings. The minimum atomic E-state index is -0.507. The highest BCUT2D eigenvalue weighted by Gasteiger charge is 2.05. The van der Waals surface area contributed by atoms with E-state index in [4.69, 9.17) is 16.3 Å². The molecule has 0 bridgehead atoms. The van der Waals surface area contributed by atoms with E-state index in [0.29, 0.717) is 30.7 Å². The van der Waals surface area contributed by atoms with Crippen LogP contribution >= 0.6 is 11.6 Å². The van der Waals surface area contributed by atoms with Crippen molar-refractivity contribution in [3.05, 3.63) is 29.3 Å². The molecule has 0 amide bonds. The van der Waals surface area contributed by atoms with Gasteiger partial charge in [-0.25, -0.2) is 0 Å². The maximum absolute atomic E-state index is 9.67. The zero-order chi connectivity index (χ0) is 12.7. The van der Waals surface area contributed by atoms with Gasteiger partial charge in [0.25, 0.3) is 0 Å². The van der Waals surface area contributed by atoms with Crippen LogP contribution in [-0.2, 0) is 4.74 Å². The number of anilines is 1. The fourth-order valence-corrected chi connectivity index (χ4v) is 1.52. The number of rotatable bonds is 7. The molecule has 1 rings (SSSR count). The van der Waals surface area contributed by atoms with Crippen molar-refractivity contribution < 1.29 is 9.84 Å². The summed E-state index contributed by atoms with van der Waals surface area (Å²) in [6, 6.07) is 7.41. The van der Waals surface area contributed by atoms with Crippen LogP contribution in [0.15, 0.2) is 24.3 Å². The summed E-state index contributed by atoms with van der Waals surface area (Å²) in [6.07, 6.45) is -0.507. The van der Waals surface area contributed by atoms with Crippen LogP contribution in [0.5, 0.6) is 0 Å². The average molecular weight is 258 g/mol. The number of aliphatic hydroxyl groups is 1. The zero-order valence-electron chi connectivity index (χ0n) is 10.3. The third-order valence-electron chi connectivity index (χ3n) is 2.13. The molecule has 2 N–H and O–H groups in total. The van der Waals surface area contributed by atoms with Crippen LogP contribution in [0.1, 0.15) is 13.8 Å². The predicted molar refractivity (Wildman–Crippen MR) is 71.6 cm³/mol. The van der Waals surface area contributed by atoms with Gasteiger partial charge in [-0.05, 0) is 24.1 Å². The van der Waals surface area contributed by atoms with Crippen molar-refractivity contribution in [2.45, 2.75) is 20.0 Å². The lowest BCUT2D eigenvalue weighted by atomic mass is 10.2. The Bertz CT molecular complexity index is 331. The molecule has 0 aliphatic carbocycles. The van der Waals surface area contributed by atoms with E-state index >= 15 is 0 Å². The summed E-state index contributed by atoms with van der Waals surface area (Å²) in [7, 11) is 0. The van der Waals surface area contributed by atoms with Crippen LogP contribution in [0.25, 0.3) is 0 Å². The van der Waals surface area contributed by atoms with Gasteiger partial charge >= 0.3 is 0 Å². The Morgan fingerprint density at radius 1 is 1.35 bits per heavy atom. The first kappa shape index (κ1) is 14.3. The summed E-state index contributed by atoms with van der Waals surface area (Å²) >= 11 is 5.85. The number of hydrogen-bond donors (Lipinski definition) is 2. The number of hydrogen-bond acceptors (Lipinski definition) is 3. The average Bonchev–Trinajstić information content (AvgIpc) is 2.26. The molecular formula is C13H20ClNO2. The number of benzene rings is 1. The van der Waals surface area contributed by atoms with Crippen molar-refractivity contribution in [3.63, 3.8) is 0 Å². The van der Waals surface area contributed by atoms with Crippen LogP contribution in [0.4, 0.5) is 5.69 Å². The molecule has 0 fully saturated rings. The second-order valence-corrected chi connectivity index (χ2v) is 4.91. The van der Waals surface area contributed by atoms with E-state index in [-0.39, 0.29) is 0 Å². The lowest BCUT2D eigenvalue weighted by Crippen LogP contribution is -2.25. The first-order valence-electron chi connectivity index (χ1n) is 5.83. The third-order valence-corrected chi connectivity index (χ3v) is 2.36. The lowest BCUT2D eigenvalue weighted by Gasteiger charge is -2.14. The first-order chi connectivity index (χ1) is 8.08. The Balaban J connectivity index is 2.21. The molecule has 0 saturated carbocycles. The van der Waals surface area contributed by atoms with Gasteiger partial charge in [0.2, 0.25) is 0 Å². The van der Waals surface area contributed by atoms with Gasteiger partial charge in [0.1, 0.15) is 0 Å². The molecule has 3 nitrogen and oxygen atoms in total. The van der Waals surface area contributed by atoms with Gasteiger partial charge in [0.15, 0.2) is 0 Å². The molecule has 0 heterocycles. The van der Waals surface area contributed by atoms with E-state index < -0.39 is 6.10 Å². The van der Waals surface area contributed by atoms with Crippen molar-refractivity contribution in [1.82, 2.24) is 0 Å². The molecule has 17 heavy (non-hydrogen) atoms. The number of halogens is 1. The Hall–Kier alpha value is -0.770. The molecule has 4 heteroatoms. The van der Waals surface area contributed by atoms with E-state index in [1.54, 1.807) is 0 Å². The molecule has 0 aromatic heterocycles. The molecule has 0 radical (unpaired) electrons. The van der Waals surface area contributed by atoms with E-state index in [1.165, 1.54) is 0 Å². The fraction of sp³-hybridized carbons (Fsp3) is 0.538. The maximum Gasteiger partial charge on any atom is 0.0945 e. The van der Waals surface area contributed by atoms with Crippen molar-refractivity contribution in [2.75, 3.05) is 25.1 Å². The normalized spacial score (nSPS) is 12.8. The van der Waals surface area contributed by atoms with Gasteiger partial charge < -0.3 is 15.2 Å². The van der Waals surface area contributed by atoms with Gasteiger partial charge in [-0.3, -0.25) is 0 Å². The van der Waals surface area contributed by atoms with Crippen molar-refractivity contribution in [2.24, 2.45) is 5.92 Å². The summed E-state index contributed by atoms with van der Waals surface area (Å²) in [4.78, 5) is 0. The highest BCUT2D eigenvalue weighted by molar-refractivity contribution is 6.30. The molecule has 1 atom stereocenters. The molecule has 0 saturated heterocycles. The number of aliphatic hydroxyl groups excluding tert-OH is 1. The van der Waals surface area contributed by atoms with Crippen LogP contribution in [0.3, 0.4) is 0 Å². The summed E-state index contributed by atoms with van der Waals surface area (Å²) in [6.45, 7) is 5.64. The summed E-state index contributed by atoms with van der Waals surface area (Å²) in [5.74, 6) is 0.489. The van der Waals surface area contributed by atoms with Crippen molar-refractivity contribution in [3.8, 4) is 0 Å². The SMILES string of the molecule is CC(C)COCC(O)CNc1cccc(Cl)c1. The highest BCUT2D eigenvalue weighted by Crippen LogP contribution is 2.14. The summed E-state index contributed by atoms with van der Waals surface area (Å²) in [5, 5.41) is 13.5. The second kappa shape index (κ2) is 7.54. The molecule has 96 valence electrons. The van der Waals surface area contributed by atoms with Crippen LogP contribution in [-0.4, -0.2) is 31.0 Å². The Labute approximate surface area is 108 Å². The van der Waals surface area contributed by atoms with Gasteiger partial charge in [0.05, 0.1) is 12.7 Å². The highest BCUT2D eigenvalue weighted by atomic mass is 35.5. The Kier molecular flexibility index (Phi) is 6.34. The lowest BCUT2D eigenvalue weighted by molar-refractivity contribution is 0.0318. The fourth-order valence-electron chi connectivity index (χ4n) is 1.33. The van der Waals surface area contributed by atoms with E-state index in [9.17, 15) is 5.11 Å². The van der Waals surface area contributed by atoms with Gasteiger partial charge in [-0.2, -0.15) is 0 Å². The van der Waals surface area contributed by atoms with Gasteiger partial charge in [-0.1, -0.05) is 31.5 Å². The van der Waals surface area contributed by atoms with Gasteiger partial charge in [-0.15, -0.1) is 0 Å². The predicted octanol–water partition coefficient (Wildman–Crippen LogP) is 2.79. The minimum absolute atomic E-state index is 0.353. The van der Waals surface area contributed by atoms with Crippen LogP contribution in [0.2, 0.25) is 5.02 Å². The standard InChI is InChI=1S/C13H20ClNO2/c1-10(2)8-17-9-13(16)7-15-12-5-3-4-11(14)6-12/h3-6,10,13,15-16H,7-9H2,1-2H3. The van der Waals surface area contributed by atoms with Crippen molar-refractivity contribution in [1.29, 1.82) is 0 Å².